The van der Waals surface area contributed by atoms with Crippen LogP contribution in [0.5, 0.6) is 0 Å². The molecule has 0 bridgehead atoms. The average Bonchev–Trinajstić information content (AvgIpc) is 2.59. The van der Waals surface area contributed by atoms with E-state index in [2.05, 4.69) is 15.9 Å². The summed E-state index contributed by atoms with van der Waals surface area (Å²) < 4.78 is 16.8. The zero-order chi connectivity index (χ0) is 18.8. The Morgan fingerprint density at radius 1 is 1.08 bits per heavy atom. The summed E-state index contributed by atoms with van der Waals surface area (Å²) >= 11 is 3.33. The summed E-state index contributed by atoms with van der Waals surface area (Å²) in [5.74, 6) is -1.16. The molecule has 134 valence electrons. The summed E-state index contributed by atoms with van der Waals surface area (Å²) in [5.41, 5.74) is 4.95. The first-order chi connectivity index (χ1) is 12.4. The second-order valence-electron chi connectivity index (χ2n) is 5.83. The summed E-state index contributed by atoms with van der Waals surface area (Å²) in [6, 6.07) is 10.8. The molecule has 0 spiro atoms. The Hall–Kier alpha value is -2.74. The first kappa shape index (κ1) is 18.1. The number of nitrogens with zero attached hydrogens (tertiary/aromatic N) is 2. The van der Waals surface area contributed by atoms with Gasteiger partial charge >= 0.3 is 5.69 Å². The predicted octanol–water partition coefficient (Wildman–Crippen LogP) is 1.99. The fourth-order valence-corrected chi connectivity index (χ4v) is 3.00. The van der Waals surface area contributed by atoms with Crippen LogP contribution in [0.4, 0.5) is 4.39 Å². The monoisotopic (exact) mass is 419 g/mol. The van der Waals surface area contributed by atoms with E-state index in [1.54, 1.807) is 12.1 Å². The molecule has 0 radical (unpaired) electrons. The highest BCUT2D eigenvalue weighted by Gasteiger charge is 2.14. The summed E-state index contributed by atoms with van der Waals surface area (Å²) in [6.45, 7) is 0.0313. The second kappa shape index (κ2) is 7.25. The standard InChI is InChI=1S/C18H15BrFN3O3/c19-12-3-1-11(2-4-12)10-23-17(25)14-6-5-13(20)9-15(14)22(18(23)26)8-7-16(21)24/h1-6,9H,7-8,10H2,(H2,21,24). The van der Waals surface area contributed by atoms with E-state index in [1.807, 2.05) is 12.1 Å². The van der Waals surface area contributed by atoms with Crippen LogP contribution in [0.3, 0.4) is 0 Å². The lowest BCUT2D eigenvalue weighted by atomic mass is 10.2. The molecule has 2 aromatic carbocycles. The van der Waals surface area contributed by atoms with Gasteiger partial charge in [-0.1, -0.05) is 28.1 Å². The van der Waals surface area contributed by atoms with E-state index in [0.717, 1.165) is 26.7 Å². The molecule has 3 rings (SSSR count). The Bertz CT molecular complexity index is 1100. The van der Waals surface area contributed by atoms with Crippen LogP contribution in [0.2, 0.25) is 0 Å². The normalized spacial score (nSPS) is 11.0. The Balaban J connectivity index is 2.20. The van der Waals surface area contributed by atoms with Crippen molar-refractivity contribution in [3.63, 3.8) is 0 Å². The predicted molar refractivity (Wildman–Crippen MR) is 99.5 cm³/mol. The van der Waals surface area contributed by atoms with Gasteiger partial charge in [0.15, 0.2) is 0 Å². The number of benzene rings is 2. The number of hydrogen-bond donors (Lipinski definition) is 1. The minimum atomic E-state index is -0.614. The van der Waals surface area contributed by atoms with Crippen molar-refractivity contribution in [3.8, 4) is 0 Å². The molecule has 3 aromatic rings. The summed E-state index contributed by atoms with van der Waals surface area (Å²) in [4.78, 5) is 36.7. The Morgan fingerprint density at radius 3 is 2.42 bits per heavy atom. The molecular formula is C18H15BrFN3O3. The molecule has 0 fully saturated rings. The molecule has 8 heteroatoms. The molecule has 26 heavy (non-hydrogen) atoms. The molecule has 1 aromatic heterocycles. The molecule has 0 saturated carbocycles. The van der Waals surface area contributed by atoms with Crippen molar-refractivity contribution >= 4 is 32.7 Å². The van der Waals surface area contributed by atoms with Crippen LogP contribution in [-0.4, -0.2) is 15.0 Å². The number of hydrogen-bond acceptors (Lipinski definition) is 3. The number of aromatic nitrogens is 2. The maximum atomic E-state index is 13.6. The minimum Gasteiger partial charge on any atom is -0.370 e. The number of nitrogens with two attached hydrogens (primary N) is 1. The Labute approximate surface area is 155 Å². The van der Waals surface area contributed by atoms with Crippen LogP contribution < -0.4 is 17.0 Å². The molecule has 2 N–H and O–H groups in total. The van der Waals surface area contributed by atoms with Crippen molar-refractivity contribution in [1.29, 1.82) is 0 Å². The van der Waals surface area contributed by atoms with Crippen LogP contribution >= 0.6 is 15.9 Å². The highest BCUT2D eigenvalue weighted by Crippen LogP contribution is 2.13. The van der Waals surface area contributed by atoms with E-state index in [0.29, 0.717) is 0 Å². The third-order valence-electron chi connectivity index (χ3n) is 4.02. The van der Waals surface area contributed by atoms with Gasteiger partial charge in [-0.3, -0.25) is 18.7 Å². The fourth-order valence-electron chi connectivity index (χ4n) is 2.74. The summed E-state index contributed by atoms with van der Waals surface area (Å²) in [6.07, 6.45) is -0.0952. The number of amides is 1. The molecule has 0 atom stereocenters. The number of fused-ring (bicyclic) bond motifs is 1. The van der Waals surface area contributed by atoms with Gasteiger partial charge in [-0.05, 0) is 35.9 Å². The number of rotatable bonds is 5. The zero-order valence-electron chi connectivity index (χ0n) is 13.6. The van der Waals surface area contributed by atoms with Gasteiger partial charge in [0.05, 0.1) is 17.4 Å². The first-order valence-corrected chi connectivity index (χ1v) is 8.62. The van der Waals surface area contributed by atoms with Crippen molar-refractivity contribution in [3.05, 3.63) is 79.2 Å². The highest BCUT2D eigenvalue weighted by atomic mass is 79.9. The molecule has 0 unspecified atom stereocenters. The number of aryl methyl sites for hydroxylation is 1. The average molecular weight is 420 g/mol. The highest BCUT2D eigenvalue weighted by molar-refractivity contribution is 9.10. The molecule has 0 saturated heterocycles. The summed E-state index contributed by atoms with van der Waals surface area (Å²) in [5, 5.41) is 0.201. The van der Waals surface area contributed by atoms with Crippen molar-refractivity contribution in [2.75, 3.05) is 0 Å². The van der Waals surface area contributed by atoms with E-state index in [4.69, 9.17) is 5.73 Å². The lowest BCUT2D eigenvalue weighted by Crippen LogP contribution is -2.40. The zero-order valence-corrected chi connectivity index (χ0v) is 15.2. The van der Waals surface area contributed by atoms with Crippen molar-refractivity contribution in [2.24, 2.45) is 5.73 Å². The van der Waals surface area contributed by atoms with Gasteiger partial charge in [-0.25, -0.2) is 9.18 Å². The maximum absolute atomic E-state index is 13.6. The first-order valence-electron chi connectivity index (χ1n) is 7.82. The third-order valence-corrected chi connectivity index (χ3v) is 4.55. The maximum Gasteiger partial charge on any atom is 0.331 e. The SMILES string of the molecule is NC(=O)CCn1c(=O)n(Cc2ccc(Br)cc2)c(=O)c2ccc(F)cc21. The Kier molecular flexibility index (Phi) is 5.03. The summed E-state index contributed by atoms with van der Waals surface area (Å²) in [7, 11) is 0. The molecule has 0 aliphatic heterocycles. The van der Waals surface area contributed by atoms with Crippen LogP contribution in [0, 0.1) is 5.82 Å². The Morgan fingerprint density at radius 2 is 1.77 bits per heavy atom. The molecule has 6 nitrogen and oxygen atoms in total. The largest absolute Gasteiger partial charge is 0.370 e. The number of carbonyl (C=O) groups excluding carboxylic acids is 1. The molecule has 0 aliphatic rings. The van der Waals surface area contributed by atoms with Gasteiger partial charge < -0.3 is 5.73 Å². The topological polar surface area (TPSA) is 87.1 Å². The molecular weight excluding hydrogens is 405 g/mol. The van der Waals surface area contributed by atoms with Gasteiger partial charge in [0.1, 0.15) is 5.82 Å². The van der Waals surface area contributed by atoms with E-state index >= 15 is 0 Å². The van der Waals surface area contributed by atoms with Crippen LogP contribution in [-0.2, 0) is 17.9 Å². The van der Waals surface area contributed by atoms with Crippen LogP contribution in [0.25, 0.3) is 10.9 Å². The lowest BCUT2D eigenvalue weighted by molar-refractivity contribution is -0.118. The van der Waals surface area contributed by atoms with E-state index in [1.165, 1.54) is 10.6 Å². The van der Waals surface area contributed by atoms with Gasteiger partial charge in [-0.15, -0.1) is 0 Å². The van der Waals surface area contributed by atoms with Crippen molar-refractivity contribution in [1.82, 2.24) is 9.13 Å². The third kappa shape index (κ3) is 3.60. The molecule has 0 aliphatic carbocycles. The van der Waals surface area contributed by atoms with Crippen molar-refractivity contribution < 1.29 is 9.18 Å². The number of primary amides is 1. The van der Waals surface area contributed by atoms with Gasteiger partial charge in [-0.2, -0.15) is 0 Å². The van der Waals surface area contributed by atoms with E-state index in [9.17, 15) is 18.8 Å². The smallest absolute Gasteiger partial charge is 0.331 e. The van der Waals surface area contributed by atoms with Gasteiger partial charge in [0.25, 0.3) is 5.56 Å². The van der Waals surface area contributed by atoms with E-state index in [-0.39, 0.29) is 30.4 Å². The van der Waals surface area contributed by atoms with Gasteiger partial charge in [0, 0.05) is 17.4 Å². The quantitative estimate of drug-likeness (QED) is 0.685. The van der Waals surface area contributed by atoms with Crippen LogP contribution in [0.15, 0.2) is 56.5 Å². The van der Waals surface area contributed by atoms with Crippen LogP contribution in [0.1, 0.15) is 12.0 Å². The second-order valence-corrected chi connectivity index (χ2v) is 6.75. The van der Waals surface area contributed by atoms with E-state index < -0.39 is 23.0 Å². The minimum absolute atomic E-state index is 0.0330. The molecule has 1 amide bonds. The number of carbonyl (C=O) groups is 1. The fraction of sp³-hybridized carbons (Fsp3) is 0.167. The van der Waals surface area contributed by atoms with Crippen molar-refractivity contribution in [2.45, 2.75) is 19.5 Å². The molecule has 1 heterocycles. The lowest BCUT2D eigenvalue weighted by Gasteiger charge is -2.14. The number of halogens is 2. The van der Waals surface area contributed by atoms with Gasteiger partial charge in [0.2, 0.25) is 5.91 Å².